The molecule has 0 unspecified atom stereocenters. The van der Waals surface area contributed by atoms with Crippen molar-refractivity contribution >= 4 is 38.9 Å². The molecule has 0 amide bonds. The number of benzene rings is 2. The third-order valence-electron chi connectivity index (χ3n) is 4.44. The normalized spacial score (nSPS) is 11.4. The van der Waals surface area contributed by atoms with E-state index in [4.69, 9.17) is 4.74 Å². The Labute approximate surface area is 133 Å². The van der Waals surface area contributed by atoms with E-state index in [-0.39, 0.29) is 6.61 Å². The van der Waals surface area contributed by atoms with Crippen LogP contribution in [0, 0.1) is 6.92 Å². The smallest absolute Gasteiger partial charge is 0.157 e. The third-order valence-corrected chi connectivity index (χ3v) is 4.44. The van der Waals surface area contributed by atoms with Crippen LogP contribution >= 0.6 is 0 Å². The highest BCUT2D eigenvalue weighted by Gasteiger charge is 2.13. The zero-order chi connectivity index (χ0) is 16.0. The number of hydrogen-bond donors (Lipinski definition) is 0. The predicted octanol–water partition coefficient (Wildman–Crippen LogP) is 3.77. The molecule has 4 heteroatoms. The zero-order valence-corrected chi connectivity index (χ0v) is 13.0. The Balaban J connectivity index is 2.10. The van der Waals surface area contributed by atoms with Crippen molar-refractivity contribution in [1.29, 1.82) is 0 Å². The fourth-order valence-corrected chi connectivity index (χ4v) is 3.42. The Morgan fingerprint density at radius 2 is 2.04 bits per heavy atom. The molecular formula is C19H16N2O2. The molecule has 2 aromatic heterocycles. The van der Waals surface area contributed by atoms with Gasteiger partial charge < -0.3 is 9.30 Å². The van der Waals surface area contributed by atoms with Gasteiger partial charge in [0, 0.05) is 41.1 Å². The molecule has 114 valence electrons. The molecule has 0 bridgehead atoms. The van der Waals surface area contributed by atoms with Crippen molar-refractivity contribution in [3.05, 3.63) is 48.3 Å². The van der Waals surface area contributed by atoms with Gasteiger partial charge in [0.15, 0.2) is 6.29 Å². The second kappa shape index (κ2) is 5.09. The van der Waals surface area contributed by atoms with Crippen LogP contribution in [0.4, 0.5) is 0 Å². The Kier molecular flexibility index (Phi) is 3.05. The van der Waals surface area contributed by atoms with Gasteiger partial charge >= 0.3 is 0 Å². The van der Waals surface area contributed by atoms with Crippen molar-refractivity contribution in [2.24, 2.45) is 7.05 Å². The summed E-state index contributed by atoms with van der Waals surface area (Å²) in [6.07, 6.45) is 4.49. The average molecular weight is 304 g/mol. The van der Waals surface area contributed by atoms with E-state index < -0.39 is 0 Å². The van der Waals surface area contributed by atoms with E-state index in [9.17, 15) is 4.79 Å². The lowest BCUT2D eigenvalue weighted by atomic mass is 10.0. The van der Waals surface area contributed by atoms with Crippen molar-refractivity contribution in [1.82, 2.24) is 9.55 Å². The SMILES string of the molecule is Cc1c2ccncc2cc2c3cc(OCC=O)ccc3n(C)c12. The first-order chi connectivity index (χ1) is 11.2. The zero-order valence-electron chi connectivity index (χ0n) is 13.0. The molecule has 2 heterocycles. The van der Waals surface area contributed by atoms with Gasteiger partial charge in [0.1, 0.15) is 12.4 Å². The maximum Gasteiger partial charge on any atom is 0.157 e. The summed E-state index contributed by atoms with van der Waals surface area (Å²) in [4.78, 5) is 14.7. The Morgan fingerprint density at radius 1 is 1.17 bits per heavy atom. The van der Waals surface area contributed by atoms with Crippen LogP contribution < -0.4 is 4.74 Å². The van der Waals surface area contributed by atoms with Crippen LogP contribution in [-0.4, -0.2) is 22.4 Å². The molecule has 0 saturated heterocycles. The fraction of sp³-hybridized carbons (Fsp3) is 0.158. The largest absolute Gasteiger partial charge is 0.486 e. The number of hydrogen-bond acceptors (Lipinski definition) is 3. The van der Waals surface area contributed by atoms with Crippen molar-refractivity contribution in [2.75, 3.05) is 6.61 Å². The van der Waals surface area contributed by atoms with Crippen LogP contribution in [0.3, 0.4) is 0 Å². The van der Waals surface area contributed by atoms with E-state index in [0.29, 0.717) is 5.75 Å². The number of nitrogens with zero attached hydrogens (tertiary/aromatic N) is 2. The van der Waals surface area contributed by atoms with Gasteiger partial charge in [-0.3, -0.25) is 9.78 Å². The van der Waals surface area contributed by atoms with Crippen LogP contribution in [0.1, 0.15) is 5.56 Å². The fourth-order valence-electron chi connectivity index (χ4n) is 3.42. The second-order valence-corrected chi connectivity index (χ2v) is 5.71. The third kappa shape index (κ3) is 1.99. The molecule has 4 aromatic rings. The van der Waals surface area contributed by atoms with E-state index in [0.717, 1.165) is 22.6 Å². The summed E-state index contributed by atoms with van der Waals surface area (Å²) in [6, 6.07) is 10.2. The summed E-state index contributed by atoms with van der Waals surface area (Å²) in [5.41, 5.74) is 3.60. The standard InChI is InChI=1S/C19H16N2O2/c1-12-15-5-6-20-11-13(15)9-17-16-10-14(23-8-7-22)3-4-18(16)21(2)19(12)17/h3-7,9-11H,8H2,1-2H3. The van der Waals surface area contributed by atoms with Crippen molar-refractivity contribution in [2.45, 2.75) is 6.92 Å². The minimum atomic E-state index is 0.0716. The molecule has 0 aliphatic rings. The maximum absolute atomic E-state index is 10.5. The van der Waals surface area contributed by atoms with Gasteiger partial charge in [-0.25, -0.2) is 0 Å². The highest BCUT2D eigenvalue weighted by Crippen LogP contribution is 2.36. The van der Waals surface area contributed by atoms with Crippen molar-refractivity contribution in [3.8, 4) is 5.75 Å². The lowest BCUT2D eigenvalue weighted by molar-refractivity contribution is -0.109. The number of rotatable bonds is 3. The van der Waals surface area contributed by atoms with E-state index in [1.807, 2.05) is 30.6 Å². The number of pyridine rings is 1. The highest BCUT2D eigenvalue weighted by atomic mass is 16.5. The summed E-state index contributed by atoms with van der Waals surface area (Å²) in [7, 11) is 2.08. The van der Waals surface area contributed by atoms with E-state index >= 15 is 0 Å². The van der Waals surface area contributed by atoms with Crippen LogP contribution in [-0.2, 0) is 11.8 Å². The molecule has 0 radical (unpaired) electrons. The average Bonchev–Trinajstić information content (AvgIpc) is 2.86. The summed E-state index contributed by atoms with van der Waals surface area (Å²) in [5, 5.41) is 4.65. The number of aromatic nitrogens is 2. The molecule has 0 atom stereocenters. The Morgan fingerprint density at radius 3 is 2.87 bits per heavy atom. The molecule has 0 N–H and O–H groups in total. The second-order valence-electron chi connectivity index (χ2n) is 5.71. The number of carbonyl (C=O) groups excluding carboxylic acids is 1. The maximum atomic E-state index is 10.5. The molecule has 23 heavy (non-hydrogen) atoms. The monoisotopic (exact) mass is 304 g/mol. The van der Waals surface area contributed by atoms with Crippen LogP contribution in [0.2, 0.25) is 0 Å². The molecule has 0 aliphatic heterocycles. The lowest BCUT2D eigenvalue weighted by Gasteiger charge is -2.06. The molecule has 0 spiro atoms. The van der Waals surface area contributed by atoms with Gasteiger partial charge in [-0.05, 0) is 48.2 Å². The summed E-state index contributed by atoms with van der Waals surface area (Å²) >= 11 is 0. The van der Waals surface area contributed by atoms with E-state index in [1.165, 1.54) is 21.9 Å². The minimum Gasteiger partial charge on any atom is -0.486 e. The predicted molar refractivity (Wildman–Crippen MR) is 92.0 cm³/mol. The first kappa shape index (κ1) is 13.8. The Hall–Kier alpha value is -2.88. The number of carbonyl (C=O) groups is 1. The van der Waals surface area contributed by atoms with Crippen LogP contribution in [0.15, 0.2) is 42.7 Å². The molecule has 4 nitrogen and oxygen atoms in total. The summed E-state index contributed by atoms with van der Waals surface area (Å²) in [6.45, 7) is 2.22. The lowest BCUT2D eigenvalue weighted by Crippen LogP contribution is -1.97. The van der Waals surface area contributed by atoms with Gasteiger partial charge in [-0.1, -0.05) is 0 Å². The van der Waals surface area contributed by atoms with Gasteiger partial charge in [0.05, 0.1) is 5.52 Å². The molecular weight excluding hydrogens is 288 g/mol. The first-order valence-corrected chi connectivity index (χ1v) is 7.52. The highest BCUT2D eigenvalue weighted by molar-refractivity contribution is 6.14. The van der Waals surface area contributed by atoms with Gasteiger partial charge in [0.25, 0.3) is 0 Å². The molecule has 0 saturated carbocycles. The van der Waals surface area contributed by atoms with Gasteiger partial charge in [0.2, 0.25) is 0 Å². The number of fused-ring (bicyclic) bond motifs is 4. The van der Waals surface area contributed by atoms with Crippen molar-refractivity contribution < 1.29 is 9.53 Å². The van der Waals surface area contributed by atoms with Gasteiger partial charge in [-0.2, -0.15) is 0 Å². The molecule has 0 fully saturated rings. The van der Waals surface area contributed by atoms with E-state index in [2.05, 4.69) is 35.7 Å². The minimum absolute atomic E-state index is 0.0716. The molecule has 0 aliphatic carbocycles. The summed E-state index contributed by atoms with van der Waals surface area (Å²) < 4.78 is 7.66. The van der Waals surface area contributed by atoms with Crippen molar-refractivity contribution in [3.63, 3.8) is 0 Å². The number of ether oxygens (including phenoxy) is 1. The number of aryl methyl sites for hydroxylation is 2. The molecule has 4 rings (SSSR count). The van der Waals surface area contributed by atoms with Crippen LogP contribution in [0.5, 0.6) is 5.75 Å². The number of aldehydes is 1. The summed E-state index contributed by atoms with van der Waals surface area (Å²) in [5.74, 6) is 0.709. The quantitative estimate of drug-likeness (QED) is 0.541. The van der Waals surface area contributed by atoms with E-state index in [1.54, 1.807) is 0 Å². The van der Waals surface area contributed by atoms with Crippen LogP contribution in [0.25, 0.3) is 32.6 Å². The Bertz CT molecular complexity index is 1060. The topological polar surface area (TPSA) is 44.1 Å². The van der Waals surface area contributed by atoms with Gasteiger partial charge in [-0.15, -0.1) is 0 Å². The first-order valence-electron chi connectivity index (χ1n) is 7.52. The molecule has 2 aromatic carbocycles.